The van der Waals surface area contributed by atoms with Crippen LogP contribution in [0.15, 0.2) is 12.1 Å². The van der Waals surface area contributed by atoms with Crippen molar-refractivity contribution in [2.45, 2.75) is 20.3 Å². The van der Waals surface area contributed by atoms with Gasteiger partial charge in [0.15, 0.2) is 0 Å². The smallest absolute Gasteiger partial charge is 0.227 e. The van der Waals surface area contributed by atoms with Crippen LogP contribution in [0.4, 0.5) is 0 Å². The van der Waals surface area contributed by atoms with E-state index in [2.05, 4.69) is 31.9 Å². The van der Waals surface area contributed by atoms with E-state index in [1.807, 2.05) is 11.0 Å². The number of nitrogens with zero attached hydrogens (tertiary/aromatic N) is 2. The molecule has 0 unspecified atom stereocenters. The minimum absolute atomic E-state index is 0.194. The van der Waals surface area contributed by atoms with Gasteiger partial charge in [0, 0.05) is 31.7 Å². The minimum Gasteiger partial charge on any atom is -0.496 e. The van der Waals surface area contributed by atoms with Crippen molar-refractivity contribution >= 4 is 5.91 Å². The van der Waals surface area contributed by atoms with Gasteiger partial charge < -0.3 is 14.5 Å². The van der Waals surface area contributed by atoms with E-state index < -0.39 is 0 Å². The lowest BCUT2D eigenvalue weighted by molar-refractivity contribution is -0.132. The van der Waals surface area contributed by atoms with Crippen LogP contribution in [0, 0.1) is 13.8 Å². The van der Waals surface area contributed by atoms with Gasteiger partial charge in [-0.3, -0.25) is 4.79 Å². The Morgan fingerprint density at radius 3 is 2.35 bits per heavy atom. The fraction of sp³-hybridized carbons (Fsp3) is 0.562. The SMILES string of the molecule is COc1cc(C)c(C)cc1CC(=O)N1CCN(C)CC1. The maximum atomic E-state index is 12.4. The van der Waals surface area contributed by atoms with Crippen molar-refractivity contribution in [1.82, 2.24) is 9.80 Å². The second-order valence-electron chi connectivity index (χ2n) is 5.61. The number of aryl methyl sites for hydroxylation is 2. The Balaban J connectivity index is 2.09. The number of piperazine rings is 1. The number of hydrogen-bond acceptors (Lipinski definition) is 3. The molecular weight excluding hydrogens is 252 g/mol. The molecule has 0 N–H and O–H groups in total. The molecule has 1 aromatic rings. The zero-order valence-corrected chi connectivity index (χ0v) is 12.9. The molecule has 1 aliphatic rings. The van der Waals surface area contributed by atoms with Crippen molar-refractivity contribution in [2.75, 3.05) is 40.3 Å². The van der Waals surface area contributed by atoms with E-state index in [9.17, 15) is 4.79 Å². The number of amides is 1. The molecule has 1 aliphatic heterocycles. The number of carbonyl (C=O) groups excluding carboxylic acids is 1. The number of hydrogen-bond donors (Lipinski definition) is 0. The molecule has 1 saturated heterocycles. The van der Waals surface area contributed by atoms with E-state index in [1.165, 1.54) is 11.1 Å². The molecule has 20 heavy (non-hydrogen) atoms. The Bertz CT molecular complexity index is 491. The largest absolute Gasteiger partial charge is 0.496 e. The van der Waals surface area contributed by atoms with E-state index in [4.69, 9.17) is 4.74 Å². The summed E-state index contributed by atoms with van der Waals surface area (Å²) < 4.78 is 5.41. The van der Waals surface area contributed by atoms with Crippen molar-refractivity contribution in [3.63, 3.8) is 0 Å². The minimum atomic E-state index is 0.194. The van der Waals surface area contributed by atoms with E-state index in [-0.39, 0.29) is 5.91 Å². The first kappa shape index (κ1) is 14.9. The number of ether oxygens (including phenoxy) is 1. The molecule has 2 rings (SSSR count). The van der Waals surface area contributed by atoms with Crippen molar-refractivity contribution < 1.29 is 9.53 Å². The molecule has 110 valence electrons. The zero-order chi connectivity index (χ0) is 14.7. The Hall–Kier alpha value is -1.55. The van der Waals surface area contributed by atoms with Gasteiger partial charge in [0.05, 0.1) is 13.5 Å². The first-order chi connectivity index (χ1) is 9.51. The summed E-state index contributed by atoms with van der Waals surface area (Å²) in [5.41, 5.74) is 3.38. The second-order valence-corrected chi connectivity index (χ2v) is 5.61. The van der Waals surface area contributed by atoms with Crippen molar-refractivity contribution in [3.05, 3.63) is 28.8 Å². The van der Waals surface area contributed by atoms with E-state index in [0.29, 0.717) is 6.42 Å². The fourth-order valence-electron chi connectivity index (χ4n) is 2.51. The fourth-order valence-corrected chi connectivity index (χ4v) is 2.51. The first-order valence-electron chi connectivity index (χ1n) is 7.11. The molecule has 0 aliphatic carbocycles. The highest BCUT2D eigenvalue weighted by molar-refractivity contribution is 5.79. The molecule has 1 amide bonds. The molecule has 1 aromatic carbocycles. The molecule has 4 nitrogen and oxygen atoms in total. The van der Waals surface area contributed by atoms with Crippen LogP contribution < -0.4 is 4.74 Å². The highest BCUT2D eigenvalue weighted by Crippen LogP contribution is 2.24. The van der Waals surface area contributed by atoms with Crippen LogP contribution in [0.2, 0.25) is 0 Å². The summed E-state index contributed by atoms with van der Waals surface area (Å²) in [4.78, 5) is 16.6. The second kappa shape index (κ2) is 6.27. The Kier molecular flexibility index (Phi) is 4.65. The molecule has 1 heterocycles. The number of carbonyl (C=O) groups is 1. The molecule has 0 bridgehead atoms. The van der Waals surface area contributed by atoms with Crippen LogP contribution in [0.3, 0.4) is 0 Å². The van der Waals surface area contributed by atoms with Crippen LogP contribution in [-0.4, -0.2) is 56.0 Å². The molecule has 0 saturated carbocycles. The molecule has 0 atom stereocenters. The van der Waals surface area contributed by atoms with Crippen LogP contribution in [0.1, 0.15) is 16.7 Å². The first-order valence-corrected chi connectivity index (χ1v) is 7.11. The van der Waals surface area contributed by atoms with Gasteiger partial charge in [0.1, 0.15) is 5.75 Å². The predicted molar refractivity (Wildman–Crippen MR) is 80.2 cm³/mol. The van der Waals surface area contributed by atoms with Gasteiger partial charge in [-0.05, 0) is 38.1 Å². The lowest BCUT2D eigenvalue weighted by Gasteiger charge is -2.32. The summed E-state index contributed by atoms with van der Waals surface area (Å²) in [7, 11) is 3.75. The Labute approximate surface area is 121 Å². The van der Waals surface area contributed by atoms with Crippen LogP contribution in [-0.2, 0) is 11.2 Å². The van der Waals surface area contributed by atoms with Gasteiger partial charge in [-0.25, -0.2) is 0 Å². The average molecular weight is 276 g/mol. The van der Waals surface area contributed by atoms with Crippen molar-refractivity contribution in [1.29, 1.82) is 0 Å². The zero-order valence-electron chi connectivity index (χ0n) is 12.9. The highest BCUT2D eigenvalue weighted by atomic mass is 16.5. The van der Waals surface area contributed by atoms with Gasteiger partial charge >= 0.3 is 0 Å². The third-order valence-corrected chi connectivity index (χ3v) is 4.09. The normalized spacial score (nSPS) is 16.3. The van der Waals surface area contributed by atoms with Crippen LogP contribution >= 0.6 is 0 Å². The van der Waals surface area contributed by atoms with Gasteiger partial charge in [-0.2, -0.15) is 0 Å². The van der Waals surface area contributed by atoms with Gasteiger partial charge in [0.2, 0.25) is 5.91 Å². The summed E-state index contributed by atoms with van der Waals surface area (Å²) in [6.07, 6.45) is 0.425. The van der Waals surface area contributed by atoms with E-state index in [0.717, 1.165) is 37.5 Å². The standard InChI is InChI=1S/C16H24N2O2/c1-12-9-14(15(20-4)10-13(12)2)11-16(19)18-7-5-17(3)6-8-18/h9-10H,5-8,11H2,1-4H3. The summed E-state index contributed by atoms with van der Waals surface area (Å²) in [5.74, 6) is 1.01. The summed E-state index contributed by atoms with van der Waals surface area (Å²) in [5, 5.41) is 0. The molecule has 0 spiro atoms. The third kappa shape index (κ3) is 3.31. The molecular formula is C16H24N2O2. The van der Waals surface area contributed by atoms with Crippen molar-refractivity contribution in [3.8, 4) is 5.75 Å². The molecule has 1 fully saturated rings. The van der Waals surface area contributed by atoms with Gasteiger partial charge in [-0.1, -0.05) is 6.07 Å². The van der Waals surface area contributed by atoms with Gasteiger partial charge in [0.25, 0.3) is 0 Å². The molecule has 4 heteroatoms. The Morgan fingerprint density at radius 1 is 1.15 bits per heavy atom. The summed E-state index contributed by atoms with van der Waals surface area (Å²) >= 11 is 0. The summed E-state index contributed by atoms with van der Waals surface area (Å²) in [6.45, 7) is 7.68. The highest BCUT2D eigenvalue weighted by Gasteiger charge is 2.20. The van der Waals surface area contributed by atoms with E-state index in [1.54, 1.807) is 7.11 Å². The maximum Gasteiger partial charge on any atom is 0.227 e. The Morgan fingerprint density at radius 2 is 1.75 bits per heavy atom. The quantitative estimate of drug-likeness (QED) is 0.841. The number of methoxy groups -OCH3 is 1. The maximum absolute atomic E-state index is 12.4. The third-order valence-electron chi connectivity index (χ3n) is 4.09. The van der Waals surface area contributed by atoms with Gasteiger partial charge in [-0.15, -0.1) is 0 Å². The lowest BCUT2D eigenvalue weighted by Crippen LogP contribution is -2.47. The lowest BCUT2D eigenvalue weighted by atomic mass is 10.0. The van der Waals surface area contributed by atoms with Crippen molar-refractivity contribution in [2.24, 2.45) is 0 Å². The van der Waals surface area contributed by atoms with E-state index >= 15 is 0 Å². The predicted octanol–water partition coefficient (Wildman–Crippen LogP) is 1.63. The van der Waals surface area contributed by atoms with Crippen LogP contribution in [0.5, 0.6) is 5.75 Å². The monoisotopic (exact) mass is 276 g/mol. The number of benzene rings is 1. The summed E-state index contributed by atoms with van der Waals surface area (Å²) in [6, 6.07) is 4.09. The van der Waals surface area contributed by atoms with Crippen LogP contribution in [0.25, 0.3) is 0 Å². The number of likely N-dealkylation sites (N-methyl/N-ethyl adjacent to an activating group) is 1. The topological polar surface area (TPSA) is 32.8 Å². The molecule has 0 radical (unpaired) electrons. The number of rotatable bonds is 3. The molecule has 0 aromatic heterocycles. The average Bonchev–Trinajstić information content (AvgIpc) is 2.43.